The summed E-state index contributed by atoms with van der Waals surface area (Å²) in [7, 11) is -2.87. The molecule has 1 fully saturated rings. The molecule has 2 N–H and O–H groups in total. The number of anilines is 1. The first-order valence-electron chi connectivity index (χ1n) is 14.4. The molecule has 2 aromatic rings. The van der Waals surface area contributed by atoms with Crippen molar-refractivity contribution in [2.45, 2.75) is 68.6 Å². The Labute approximate surface area is 242 Å². The minimum absolute atomic E-state index is 0.174. The molecule has 2 bridgehead atoms. The van der Waals surface area contributed by atoms with E-state index < -0.39 is 21.7 Å². The molecule has 6 rings (SSSR count). The Morgan fingerprint density at radius 3 is 2.90 bits per heavy atom. The molecule has 1 saturated carbocycles. The lowest BCUT2D eigenvalue weighted by molar-refractivity contribution is 0.0456. The molecule has 9 heteroatoms. The van der Waals surface area contributed by atoms with E-state index in [4.69, 9.17) is 16.3 Å². The zero-order valence-corrected chi connectivity index (χ0v) is 24.6. The Morgan fingerprint density at radius 1 is 1.25 bits per heavy atom. The molecular formula is C31H38ClN3O4S. The van der Waals surface area contributed by atoms with Crippen LogP contribution in [0.1, 0.15) is 67.1 Å². The molecule has 2 aliphatic carbocycles. The van der Waals surface area contributed by atoms with Gasteiger partial charge in [-0.1, -0.05) is 29.8 Å². The van der Waals surface area contributed by atoms with Gasteiger partial charge in [0.2, 0.25) is 0 Å². The van der Waals surface area contributed by atoms with Gasteiger partial charge >= 0.3 is 0 Å². The van der Waals surface area contributed by atoms with Crippen LogP contribution in [0.3, 0.4) is 0 Å². The highest BCUT2D eigenvalue weighted by molar-refractivity contribution is 7.99. The first-order valence-corrected chi connectivity index (χ1v) is 16.5. The Hall–Kier alpha value is -2.55. The second-order valence-electron chi connectivity index (χ2n) is 12.1. The van der Waals surface area contributed by atoms with Gasteiger partial charge in [0.05, 0.1) is 28.1 Å². The highest BCUT2D eigenvalue weighted by Gasteiger charge is 2.44. The summed E-state index contributed by atoms with van der Waals surface area (Å²) in [5, 5.41) is 11.3. The predicted molar refractivity (Wildman–Crippen MR) is 161 cm³/mol. The zero-order valence-electron chi connectivity index (χ0n) is 23.0. The summed E-state index contributed by atoms with van der Waals surface area (Å²) in [6, 6.07) is 9.43. The first kappa shape index (κ1) is 27.6. The molecule has 6 atom stereocenters. The number of amides is 1. The van der Waals surface area contributed by atoms with Crippen molar-refractivity contribution in [3.63, 3.8) is 0 Å². The zero-order chi connectivity index (χ0) is 28.1. The topological polar surface area (TPSA) is 91.8 Å². The molecule has 40 heavy (non-hydrogen) atoms. The lowest BCUT2D eigenvalue weighted by atomic mass is 9.69. The van der Waals surface area contributed by atoms with Gasteiger partial charge in [-0.3, -0.25) is 9.52 Å². The predicted octanol–water partition coefficient (Wildman–Crippen LogP) is 4.69. The molecule has 7 nitrogen and oxygen atoms in total. The molecule has 1 unspecified atom stereocenters. The number of hydrogen-bond donors (Lipinski definition) is 2. The van der Waals surface area contributed by atoms with Gasteiger partial charge in [0.25, 0.3) is 5.91 Å². The number of nitrogens with zero attached hydrogens (tertiary/aromatic N) is 2. The Kier molecular flexibility index (Phi) is 7.38. The Balaban J connectivity index is 1.42. The molecule has 3 heterocycles. The van der Waals surface area contributed by atoms with Gasteiger partial charge in [-0.05, 0) is 99.4 Å². The van der Waals surface area contributed by atoms with E-state index >= 15 is 0 Å². The van der Waals surface area contributed by atoms with E-state index in [2.05, 4.69) is 26.5 Å². The highest BCUT2D eigenvalue weighted by atomic mass is 35.5. The standard InChI is InChI=1S/C31H38ClN3O4S/c1-20-6-3-4-8-27(36)23-11-9-22(23)17-35-18-31(15-5-7-25-24(31)12-14-29(32)33-25)19-39-28-13-10-21(16-26(28)35)30(37)34-40(20,2)38/h4,8,10,12-14,16,20,22-23,27,36H,2-3,5-7,9,11,15,17-19H2,1H3,(H,34,37,38)/b8-4+/t20-,22+,23-,27+,31+,40?/m1/s1. The van der Waals surface area contributed by atoms with Gasteiger partial charge < -0.3 is 14.7 Å². The van der Waals surface area contributed by atoms with Crippen molar-refractivity contribution in [2.24, 2.45) is 11.8 Å². The van der Waals surface area contributed by atoms with Crippen LogP contribution in [0, 0.1) is 11.8 Å². The first-order chi connectivity index (χ1) is 19.1. The minimum Gasteiger partial charge on any atom is -0.490 e. The van der Waals surface area contributed by atoms with Crippen LogP contribution in [0.15, 0.2) is 42.5 Å². The molecule has 0 radical (unpaired) electrons. The minimum atomic E-state index is -2.87. The van der Waals surface area contributed by atoms with Crippen molar-refractivity contribution in [3.8, 4) is 5.75 Å². The molecule has 1 aromatic heterocycles. The van der Waals surface area contributed by atoms with Crippen LogP contribution < -0.4 is 14.4 Å². The molecule has 4 aliphatic rings. The Bertz CT molecular complexity index is 1440. The maximum absolute atomic E-state index is 13.4. The summed E-state index contributed by atoms with van der Waals surface area (Å²) < 4.78 is 22.6. The number of ether oxygens (including phenoxy) is 1. The maximum atomic E-state index is 13.4. The molecule has 214 valence electrons. The maximum Gasteiger partial charge on any atom is 0.262 e. The van der Waals surface area contributed by atoms with Crippen molar-refractivity contribution in [1.82, 2.24) is 9.71 Å². The van der Waals surface area contributed by atoms with Gasteiger partial charge in [0, 0.05) is 35.0 Å². The second kappa shape index (κ2) is 10.7. The quantitative estimate of drug-likeness (QED) is 0.265. The number of nitrogens with one attached hydrogen (secondary N) is 1. The second-order valence-corrected chi connectivity index (χ2v) is 14.9. The van der Waals surface area contributed by atoms with Crippen LogP contribution in [-0.2, 0) is 21.5 Å². The summed E-state index contributed by atoms with van der Waals surface area (Å²) >= 11 is 6.28. The molecule has 2 aliphatic heterocycles. The molecule has 1 spiro atoms. The van der Waals surface area contributed by atoms with Crippen LogP contribution in [0.4, 0.5) is 5.69 Å². The summed E-state index contributed by atoms with van der Waals surface area (Å²) in [5.41, 5.74) is 3.22. The highest BCUT2D eigenvalue weighted by Crippen LogP contribution is 2.46. The van der Waals surface area contributed by atoms with Crippen molar-refractivity contribution >= 4 is 38.8 Å². The van der Waals surface area contributed by atoms with Crippen LogP contribution in [0.2, 0.25) is 5.15 Å². The van der Waals surface area contributed by atoms with Crippen LogP contribution in [0.25, 0.3) is 0 Å². The smallest absolute Gasteiger partial charge is 0.262 e. The largest absolute Gasteiger partial charge is 0.490 e. The number of carbonyl (C=O) groups is 1. The number of aliphatic hydroxyl groups excluding tert-OH is 1. The summed E-state index contributed by atoms with van der Waals surface area (Å²) in [6.45, 7) is 3.81. The van der Waals surface area contributed by atoms with E-state index in [9.17, 15) is 14.1 Å². The van der Waals surface area contributed by atoms with E-state index in [1.807, 2.05) is 37.3 Å². The van der Waals surface area contributed by atoms with Gasteiger partial charge in [-0.25, -0.2) is 9.19 Å². The number of halogens is 1. The monoisotopic (exact) mass is 583 g/mol. The number of hydrogen-bond acceptors (Lipinski definition) is 6. The van der Waals surface area contributed by atoms with E-state index in [-0.39, 0.29) is 16.6 Å². The van der Waals surface area contributed by atoms with Gasteiger partial charge in [-0.15, -0.1) is 0 Å². The molecular weight excluding hydrogens is 546 g/mol. The number of aromatic nitrogens is 1. The summed E-state index contributed by atoms with van der Waals surface area (Å²) in [6.07, 6.45) is 9.50. The summed E-state index contributed by atoms with van der Waals surface area (Å²) in [4.78, 5) is 20.4. The van der Waals surface area contributed by atoms with Crippen LogP contribution in [-0.4, -0.2) is 57.1 Å². The number of aryl methyl sites for hydroxylation is 1. The third-order valence-corrected chi connectivity index (χ3v) is 11.8. The van der Waals surface area contributed by atoms with Crippen molar-refractivity contribution < 1.29 is 18.8 Å². The fraction of sp³-hybridized carbons (Fsp3) is 0.516. The van der Waals surface area contributed by atoms with E-state index in [0.29, 0.717) is 42.6 Å². The van der Waals surface area contributed by atoms with Crippen molar-refractivity contribution in [3.05, 3.63) is 64.5 Å². The lowest BCUT2D eigenvalue weighted by Crippen LogP contribution is -2.49. The van der Waals surface area contributed by atoms with Gasteiger partial charge in [-0.2, -0.15) is 0 Å². The average Bonchev–Trinajstić information content (AvgIpc) is 3.05. The average molecular weight is 584 g/mol. The molecule has 1 amide bonds. The lowest BCUT2D eigenvalue weighted by Gasteiger charge is -2.45. The number of allylic oxidation sites excluding steroid dienone is 1. The third-order valence-electron chi connectivity index (χ3n) is 9.50. The summed E-state index contributed by atoms with van der Waals surface area (Å²) in [5.74, 6) is 4.70. The fourth-order valence-corrected chi connectivity index (χ4v) is 8.18. The number of carbonyl (C=O) groups excluding carboxylic acids is 1. The normalized spacial score (nSPS) is 34.9. The SMILES string of the molecule is C=S1(=O)NC(=O)c2ccc3c(c2)N(C[C@@H]2CC[C@H]2[C@@H](O)/C=C/CC[C@H]1C)C[C@@]1(CCCc2nc(Cl)ccc21)CO3. The van der Waals surface area contributed by atoms with E-state index in [1.165, 1.54) is 5.56 Å². The van der Waals surface area contributed by atoms with Crippen LogP contribution in [0.5, 0.6) is 5.75 Å². The number of pyridine rings is 1. The fourth-order valence-electron chi connectivity index (χ4n) is 6.86. The molecule has 1 aromatic carbocycles. The number of rotatable bonds is 0. The van der Waals surface area contributed by atoms with Crippen LogP contribution >= 0.6 is 11.6 Å². The number of fused-ring (bicyclic) bond motifs is 4. The molecule has 0 saturated heterocycles. The van der Waals surface area contributed by atoms with Crippen molar-refractivity contribution in [1.29, 1.82) is 0 Å². The van der Waals surface area contributed by atoms with Gasteiger partial charge in [0.1, 0.15) is 10.9 Å². The number of benzene rings is 1. The van der Waals surface area contributed by atoms with E-state index in [1.54, 1.807) is 6.07 Å². The van der Waals surface area contributed by atoms with Gasteiger partial charge in [0.15, 0.2) is 0 Å². The Morgan fingerprint density at radius 2 is 2.10 bits per heavy atom. The van der Waals surface area contributed by atoms with E-state index in [0.717, 1.165) is 55.8 Å². The third kappa shape index (κ3) is 5.14. The number of aliphatic hydroxyl groups is 1. The van der Waals surface area contributed by atoms with Crippen molar-refractivity contribution in [2.75, 3.05) is 24.6 Å².